The number of carbonyl (C=O) groups is 1. The van der Waals surface area contributed by atoms with Crippen molar-refractivity contribution >= 4 is 28.5 Å². The number of nitrogens with zero attached hydrogens (tertiary/aromatic N) is 2. The molecule has 9 heteroatoms. The van der Waals surface area contributed by atoms with Crippen LogP contribution in [0.2, 0.25) is 5.02 Å². The monoisotopic (exact) mass is 653 g/mol. The van der Waals surface area contributed by atoms with Gasteiger partial charge < -0.3 is 33.7 Å². The number of ether oxygens (including phenoxy) is 4. The molecule has 3 aromatic rings. The Morgan fingerprint density at radius 2 is 1.78 bits per heavy atom. The van der Waals surface area contributed by atoms with Crippen LogP contribution in [0.15, 0.2) is 42.5 Å². The van der Waals surface area contributed by atoms with E-state index in [1.165, 1.54) is 25.7 Å². The molecule has 8 nitrogen and oxygen atoms in total. The van der Waals surface area contributed by atoms with Crippen LogP contribution in [0.25, 0.3) is 10.9 Å². The number of hydrogen-bond acceptors (Lipinski definition) is 7. The highest BCUT2D eigenvalue weighted by atomic mass is 35.5. The summed E-state index contributed by atoms with van der Waals surface area (Å²) < 4.78 is 23.1. The maximum absolute atomic E-state index is 13.9. The number of unbranched alkanes of at least 4 members (excludes halogenated alkanes) is 3. The van der Waals surface area contributed by atoms with Gasteiger partial charge in [0.05, 0.1) is 13.0 Å². The van der Waals surface area contributed by atoms with Crippen LogP contribution in [-0.2, 0) is 25.6 Å². The number of esters is 1. The van der Waals surface area contributed by atoms with Crippen molar-refractivity contribution in [3.8, 4) is 5.75 Å². The van der Waals surface area contributed by atoms with E-state index in [4.69, 9.17) is 30.5 Å². The fraction of sp³-hybridized carbons (Fsp3) is 0.595. The van der Waals surface area contributed by atoms with Gasteiger partial charge in [0.2, 0.25) is 0 Å². The number of piperazine rings is 1. The maximum Gasteiger partial charge on any atom is 0.314 e. The first-order valence-corrected chi connectivity index (χ1v) is 17.5. The molecule has 1 aromatic heterocycles. The molecule has 0 radical (unpaired) electrons. The zero-order valence-electron chi connectivity index (χ0n) is 27.9. The van der Waals surface area contributed by atoms with E-state index in [9.17, 15) is 4.79 Å². The van der Waals surface area contributed by atoms with E-state index < -0.39 is 5.92 Å². The van der Waals surface area contributed by atoms with Crippen LogP contribution < -0.4 is 4.74 Å². The van der Waals surface area contributed by atoms with Crippen LogP contribution >= 0.6 is 11.6 Å². The van der Waals surface area contributed by atoms with Crippen LogP contribution in [0.1, 0.15) is 74.6 Å². The SMILES string of the molecule is COc1ccc2[nH]c(C)c(C(C(=O)OCc3ccc(Cl)cc3)C(C)CN3CCN(CCCCCCOC4CCCCO4)CC3)c2c1. The minimum Gasteiger partial charge on any atom is -0.497 e. The Labute approximate surface area is 279 Å². The van der Waals surface area contributed by atoms with E-state index in [2.05, 4.69) is 21.7 Å². The molecule has 2 fully saturated rings. The summed E-state index contributed by atoms with van der Waals surface area (Å²) in [6, 6.07) is 13.4. The summed E-state index contributed by atoms with van der Waals surface area (Å²) in [5.41, 5.74) is 3.90. The van der Waals surface area contributed by atoms with Crippen molar-refractivity contribution in [1.29, 1.82) is 0 Å². The normalized spacial score (nSPS) is 19.3. The van der Waals surface area contributed by atoms with Crippen LogP contribution in [0.4, 0.5) is 0 Å². The molecule has 0 saturated carbocycles. The van der Waals surface area contributed by atoms with Crippen LogP contribution in [-0.4, -0.2) is 86.6 Å². The number of methoxy groups -OCH3 is 1. The van der Waals surface area contributed by atoms with E-state index in [0.717, 1.165) is 105 Å². The van der Waals surface area contributed by atoms with E-state index in [0.29, 0.717) is 5.02 Å². The molecule has 3 heterocycles. The van der Waals surface area contributed by atoms with E-state index >= 15 is 0 Å². The smallest absolute Gasteiger partial charge is 0.314 e. The van der Waals surface area contributed by atoms with Gasteiger partial charge in [-0.15, -0.1) is 0 Å². The van der Waals surface area contributed by atoms with Gasteiger partial charge in [-0.05, 0) is 92.9 Å². The molecule has 0 spiro atoms. The van der Waals surface area contributed by atoms with Gasteiger partial charge in [-0.25, -0.2) is 0 Å². The zero-order chi connectivity index (χ0) is 32.3. The standard InChI is InChI=1S/C37H52ClN3O5/c1-27(25-41-20-18-40(19-21-41)17-7-4-5-8-22-44-34-10-6-9-23-45-34)35(37(42)46-26-29-11-13-30(38)14-12-29)36-28(2)39-33-16-15-31(43-3)24-32(33)36/h11-16,24,27,34-35,39H,4-10,17-23,25-26H2,1-3H3. The highest BCUT2D eigenvalue weighted by molar-refractivity contribution is 6.30. The lowest BCUT2D eigenvalue weighted by atomic mass is 9.85. The van der Waals surface area contributed by atoms with Crippen molar-refractivity contribution < 1.29 is 23.7 Å². The van der Waals surface area contributed by atoms with Gasteiger partial charge in [-0.1, -0.05) is 43.5 Å². The molecule has 0 aliphatic carbocycles. The average Bonchev–Trinajstić information content (AvgIpc) is 3.39. The van der Waals surface area contributed by atoms with Gasteiger partial charge in [0, 0.05) is 67.6 Å². The predicted octanol–water partition coefficient (Wildman–Crippen LogP) is 7.32. The van der Waals surface area contributed by atoms with E-state index in [-0.39, 0.29) is 24.8 Å². The number of H-pyrrole nitrogens is 1. The van der Waals surface area contributed by atoms with Crippen molar-refractivity contribution in [2.24, 2.45) is 5.92 Å². The van der Waals surface area contributed by atoms with Crippen LogP contribution in [0.3, 0.4) is 0 Å². The Balaban J connectivity index is 1.13. The number of nitrogens with one attached hydrogen (secondary N) is 1. The van der Waals surface area contributed by atoms with Gasteiger partial charge >= 0.3 is 5.97 Å². The van der Waals surface area contributed by atoms with Crippen molar-refractivity contribution in [2.45, 2.75) is 77.6 Å². The highest BCUT2D eigenvalue weighted by Crippen LogP contribution is 2.37. The van der Waals surface area contributed by atoms with Crippen molar-refractivity contribution in [3.05, 3.63) is 64.3 Å². The number of aromatic nitrogens is 1. The third-order valence-electron chi connectivity index (χ3n) is 9.49. The number of halogens is 1. The van der Waals surface area contributed by atoms with E-state index in [1.807, 2.05) is 49.4 Å². The van der Waals surface area contributed by atoms with Crippen molar-refractivity contribution in [1.82, 2.24) is 14.8 Å². The number of benzene rings is 2. The molecular formula is C37H52ClN3O5. The number of fused-ring (bicyclic) bond motifs is 1. The number of aromatic amines is 1. The topological polar surface area (TPSA) is 76.3 Å². The molecule has 2 saturated heterocycles. The third kappa shape index (κ3) is 9.71. The summed E-state index contributed by atoms with van der Waals surface area (Å²) in [6.07, 6.45) is 8.22. The van der Waals surface area contributed by atoms with Gasteiger partial charge in [0.25, 0.3) is 0 Å². The first-order valence-electron chi connectivity index (χ1n) is 17.2. The Morgan fingerprint density at radius 3 is 2.52 bits per heavy atom. The van der Waals surface area contributed by atoms with Gasteiger partial charge in [-0.3, -0.25) is 4.79 Å². The molecular weight excluding hydrogens is 602 g/mol. The number of aryl methyl sites for hydroxylation is 1. The Morgan fingerprint density at radius 1 is 1.02 bits per heavy atom. The van der Waals surface area contributed by atoms with Crippen molar-refractivity contribution in [3.63, 3.8) is 0 Å². The largest absolute Gasteiger partial charge is 0.497 e. The summed E-state index contributed by atoms with van der Waals surface area (Å²) >= 11 is 6.07. The van der Waals surface area contributed by atoms with Crippen LogP contribution in [0, 0.1) is 12.8 Å². The predicted molar refractivity (Wildman–Crippen MR) is 184 cm³/mol. The Kier molecular flexibility index (Phi) is 13.2. The van der Waals surface area contributed by atoms with Crippen molar-refractivity contribution in [2.75, 3.05) is 59.6 Å². The number of rotatable bonds is 16. The molecule has 1 N–H and O–H groups in total. The lowest BCUT2D eigenvalue weighted by Gasteiger charge is -2.37. The van der Waals surface area contributed by atoms with Gasteiger partial charge in [0.15, 0.2) is 6.29 Å². The number of carbonyl (C=O) groups excluding carboxylic acids is 1. The average molecular weight is 654 g/mol. The fourth-order valence-electron chi connectivity index (χ4n) is 6.87. The molecule has 3 atom stereocenters. The summed E-state index contributed by atoms with van der Waals surface area (Å²) in [5, 5.41) is 1.67. The molecule has 0 bridgehead atoms. The molecule has 2 aliphatic rings. The second-order valence-corrected chi connectivity index (χ2v) is 13.4. The molecule has 46 heavy (non-hydrogen) atoms. The van der Waals surface area contributed by atoms with E-state index in [1.54, 1.807) is 7.11 Å². The quantitative estimate of drug-likeness (QED) is 0.128. The summed E-state index contributed by atoms with van der Waals surface area (Å²) in [7, 11) is 1.67. The van der Waals surface area contributed by atoms with Crippen LogP contribution in [0.5, 0.6) is 5.75 Å². The fourth-order valence-corrected chi connectivity index (χ4v) is 7.00. The molecule has 2 aromatic carbocycles. The Bertz CT molecular complexity index is 1370. The second-order valence-electron chi connectivity index (χ2n) is 13.0. The zero-order valence-corrected chi connectivity index (χ0v) is 28.7. The first kappa shape index (κ1) is 34.7. The van der Waals surface area contributed by atoms with Gasteiger partial charge in [-0.2, -0.15) is 0 Å². The lowest BCUT2D eigenvalue weighted by Crippen LogP contribution is -2.48. The minimum atomic E-state index is -0.417. The number of hydrogen-bond donors (Lipinski definition) is 1. The highest BCUT2D eigenvalue weighted by Gasteiger charge is 2.34. The molecule has 3 unspecified atom stereocenters. The lowest BCUT2D eigenvalue weighted by molar-refractivity contribution is -0.162. The molecule has 5 rings (SSSR count). The molecule has 2 aliphatic heterocycles. The molecule has 252 valence electrons. The second kappa shape index (κ2) is 17.5. The summed E-state index contributed by atoms with van der Waals surface area (Å²) in [5.74, 6) is 0.200. The Hall–Kier alpha value is -2.62. The minimum absolute atomic E-state index is 0.0259. The summed E-state index contributed by atoms with van der Waals surface area (Å²) in [6.45, 7) is 12.2. The third-order valence-corrected chi connectivity index (χ3v) is 9.74. The molecule has 0 amide bonds. The maximum atomic E-state index is 13.9. The first-order chi connectivity index (χ1) is 22.4. The van der Waals surface area contributed by atoms with Gasteiger partial charge in [0.1, 0.15) is 12.4 Å². The summed E-state index contributed by atoms with van der Waals surface area (Å²) in [4.78, 5) is 22.5.